The van der Waals surface area contributed by atoms with Crippen molar-refractivity contribution >= 4 is 18.7 Å². The normalized spacial score (nSPS) is 11.2. The van der Waals surface area contributed by atoms with Crippen LogP contribution >= 0.6 is 8.19 Å². The molecule has 0 spiro atoms. The van der Waals surface area contributed by atoms with Gasteiger partial charge < -0.3 is 4.74 Å². The lowest BCUT2D eigenvalue weighted by Gasteiger charge is -2.08. The third kappa shape index (κ3) is 2.62. The Morgan fingerprint density at radius 1 is 0.750 bits per heavy atom. The maximum atomic E-state index is 5.30. The predicted molar refractivity (Wildman–Crippen MR) is 106 cm³/mol. The molecule has 0 aliphatic heterocycles. The number of hydrogen-bond donors (Lipinski definition) is 0. The summed E-state index contributed by atoms with van der Waals surface area (Å²) in [5.41, 5.74) is 5.23. The standard InChI is InChI=1S/C22H19OP/c1-15-7-9-16(10-8-15)21-19-5-3-4-6-20(19)24-22(21)17-11-13-18(23-2)14-12-17/h3-14,24H,1-2H3. The molecule has 0 bridgehead atoms. The second kappa shape index (κ2) is 6.19. The molecule has 4 rings (SSSR count). The van der Waals surface area contributed by atoms with Gasteiger partial charge in [0.15, 0.2) is 0 Å². The number of aryl methyl sites for hydroxylation is 1. The molecular weight excluding hydrogens is 311 g/mol. The van der Waals surface area contributed by atoms with Crippen molar-refractivity contribution in [2.45, 2.75) is 6.92 Å². The second-order valence-corrected chi connectivity index (χ2v) is 7.30. The van der Waals surface area contributed by atoms with E-state index in [4.69, 9.17) is 4.74 Å². The van der Waals surface area contributed by atoms with Crippen molar-refractivity contribution in [2.75, 3.05) is 7.11 Å². The minimum absolute atomic E-state index is 0.688. The van der Waals surface area contributed by atoms with E-state index in [0.29, 0.717) is 8.19 Å². The van der Waals surface area contributed by atoms with E-state index in [0.717, 1.165) is 5.75 Å². The number of methoxy groups -OCH3 is 1. The number of rotatable bonds is 3. The molecule has 0 saturated heterocycles. The van der Waals surface area contributed by atoms with Gasteiger partial charge in [-0.15, -0.1) is 8.19 Å². The first kappa shape index (κ1) is 15.1. The maximum Gasteiger partial charge on any atom is 0.118 e. The molecule has 1 atom stereocenters. The van der Waals surface area contributed by atoms with Gasteiger partial charge in [0.25, 0.3) is 0 Å². The highest BCUT2D eigenvalue weighted by atomic mass is 31.0. The average molecular weight is 330 g/mol. The quantitative estimate of drug-likeness (QED) is 0.415. The summed E-state index contributed by atoms with van der Waals surface area (Å²) in [6.07, 6.45) is 0. The molecule has 118 valence electrons. The summed E-state index contributed by atoms with van der Waals surface area (Å²) >= 11 is 0. The predicted octanol–water partition coefficient (Wildman–Crippen LogP) is 6.52. The van der Waals surface area contributed by atoms with E-state index >= 15 is 0 Å². The van der Waals surface area contributed by atoms with E-state index in [9.17, 15) is 0 Å². The van der Waals surface area contributed by atoms with Gasteiger partial charge in [0.2, 0.25) is 0 Å². The van der Waals surface area contributed by atoms with Crippen molar-refractivity contribution in [3.63, 3.8) is 0 Å². The van der Waals surface area contributed by atoms with Crippen LogP contribution in [-0.4, -0.2) is 7.11 Å². The van der Waals surface area contributed by atoms with E-state index in [2.05, 4.69) is 67.6 Å². The summed E-state index contributed by atoms with van der Waals surface area (Å²) in [6, 6.07) is 26.0. The molecule has 24 heavy (non-hydrogen) atoms. The second-order valence-electron chi connectivity index (χ2n) is 6.02. The van der Waals surface area contributed by atoms with Crippen molar-refractivity contribution in [1.29, 1.82) is 0 Å². The van der Waals surface area contributed by atoms with Gasteiger partial charge in [-0.2, -0.15) is 0 Å². The lowest BCUT2D eigenvalue weighted by atomic mass is 9.98. The summed E-state index contributed by atoms with van der Waals surface area (Å²) < 4.78 is 5.30. The highest BCUT2D eigenvalue weighted by Crippen LogP contribution is 2.47. The van der Waals surface area contributed by atoms with E-state index in [1.54, 1.807) is 7.11 Å². The lowest BCUT2D eigenvalue weighted by molar-refractivity contribution is 0.415. The minimum atomic E-state index is 0.688. The summed E-state index contributed by atoms with van der Waals surface area (Å²) in [5, 5.41) is 4.21. The molecular formula is C22H19OP. The van der Waals surface area contributed by atoms with Crippen molar-refractivity contribution in [2.24, 2.45) is 0 Å². The third-order valence-electron chi connectivity index (χ3n) is 4.43. The Morgan fingerprint density at radius 3 is 2.12 bits per heavy atom. The van der Waals surface area contributed by atoms with Gasteiger partial charge in [-0.25, -0.2) is 0 Å². The fourth-order valence-corrected chi connectivity index (χ4v) is 4.64. The van der Waals surface area contributed by atoms with Crippen molar-refractivity contribution < 1.29 is 4.74 Å². The van der Waals surface area contributed by atoms with Crippen LogP contribution in [0.5, 0.6) is 5.75 Å². The zero-order chi connectivity index (χ0) is 16.5. The number of benzene rings is 3. The molecule has 0 N–H and O–H groups in total. The largest absolute Gasteiger partial charge is 0.497 e. The highest BCUT2D eigenvalue weighted by Gasteiger charge is 2.14. The first-order chi connectivity index (χ1) is 11.8. The van der Waals surface area contributed by atoms with Gasteiger partial charge in [0.1, 0.15) is 5.75 Å². The van der Waals surface area contributed by atoms with Crippen LogP contribution in [0.1, 0.15) is 5.56 Å². The third-order valence-corrected chi connectivity index (χ3v) is 5.92. The van der Waals surface area contributed by atoms with Crippen LogP contribution in [0.2, 0.25) is 0 Å². The van der Waals surface area contributed by atoms with Gasteiger partial charge in [0.05, 0.1) is 7.11 Å². The van der Waals surface area contributed by atoms with E-state index in [-0.39, 0.29) is 0 Å². The molecule has 3 aromatic carbocycles. The van der Waals surface area contributed by atoms with Crippen LogP contribution in [0.3, 0.4) is 0 Å². The Labute approximate surface area is 144 Å². The summed E-state index contributed by atoms with van der Waals surface area (Å²) in [7, 11) is 2.40. The smallest absolute Gasteiger partial charge is 0.118 e. The van der Waals surface area contributed by atoms with E-state index in [1.165, 1.54) is 38.1 Å². The summed E-state index contributed by atoms with van der Waals surface area (Å²) in [6.45, 7) is 2.13. The molecule has 0 fully saturated rings. The molecule has 4 aromatic rings. The topological polar surface area (TPSA) is 9.23 Å². The minimum Gasteiger partial charge on any atom is -0.497 e. The number of ether oxygens (including phenoxy) is 1. The average Bonchev–Trinajstić information content (AvgIpc) is 3.02. The van der Waals surface area contributed by atoms with E-state index < -0.39 is 0 Å². The van der Waals surface area contributed by atoms with Crippen LogP contribution in [0.15, 0.2) is 72.8 Å². The summed E-state index contributed by atoms with van der Waals surface area (Å²) in [5.74, 6) is 0.898. The summed E-state index contributed by atoms with van der Waals surface area (Å²) in [4.78, 5) is 0. The van der Waals surface area contributed by atoms with Gasteiger partial charge in [-0.05, 0) is 40.7 Å². The Balaban J connectivity index is 1.97. The Kier molecular flexibility index (Phi) is 3.88. The first-order valence-corrected chi connectivity index (χ1v) is 9.08. The fourth-order valence-electron chi connectivity index (χ4n) is 3.14. The van der Waals surface area contributed by atoms with Gasteiger partial charge in [-0.1, -0.05) is 66.2 Å². The molecule has 0 amide bonds. The zero-order valence-corrected chi connectivity index (χ0v) is 14.8. The zero-order valence-electron chi connectivity index (χ0n) is 13.8. The number of hydrogen-bond acceptors (Lipinski definition) is 1. The van der Waals surface area contributed by atoms with Crippen LogP contribution in [0, 0.1) is 6.92 Å². The van der Waals surface area contributed by atoms with Crippen molar-refractivity contribution in [3.05, 3.63) is 78.4 Å². The van der Waals surface area contributed by atoms with Crippen LogP contribution in [0.25, 0.3) is 32.5 Å². The molecule has 2 heteroatoms. The highest BCUT2D eigenvalue weighted by molar-refractivity contribution is 7.41. The monoisotopic (exact) mass is 330 g/mol. The molecule has 1 heterocycles. The molecule has 1 unspecified atom stereocenters. The van der Waals surface area contributed by atoms with Crippen LogP contribution in [0.4, 0.5) is 0 Å². The van der Waals surface area contributed by atoms with Crippen molar-refractivity contribution in [3.8, 4) is 27.7 Å². The van der Waals surface area contributed by atoms with Crippen LogP contribution in [-0.2, 0) is 0 Å². The fraction of sp³-hybridized carbons (Fsp3) is 0.0909. The SMILES string of the molecule is COc1ccc(-c2[pH]c3ccccc3c2-c2ccc(C)cc2)cc1. The molecule has 0 aliphatic rings. The molecule has 0 radical (unpaired) electrons. The Bertz CT molecular complexity index is 979. The maximum absolute atomic E-state index is 5.30. The Hall–Kier alpha value is -2.50. The molecule has 0 saturated carbocycles. The van der Waals surface area contributed by atoms with E-state index in [1.807, 2.05) is 12.1 Å². The van der Waals surface area contributed by atoms with Gasteiger partial charge >= 0.3 is 0 Å². The number of fused-ring (bicyclic) bond motifs is 1. The molecule has 1 nitrogen and oxygen atoms in total. The van der Waals surface area contributed by atoms with Gasteiger partial charge in [-0.3, -0.25) is 0 Å². The molecule has 0 aliphatic carbocycles. The van der Waals surface area contributed by atoms with Crippen molar-refractivity contribution in [1.82, 2.24) is 0 Å². The Morgan fingerprint density at radius 2 is 1.42 bits per heavy atom. The first-order valence-electron chi connectivity index (χ1n) is 8.08. The van der Waals surface area contributed by atoms with Gasteiger partial charge in [0, 0.05) is 10.9 Å². The van der Waals surface area contributed by atoms with Crippen LogP contribution < -0.4 is 4.74 Å². The lowest BCUT2D eigenvalue weighted by Crippen LogP contribution is -1.83. The molecule has 1 aromatic heterocycles.